The monoisotopic (exact) mass is 314 g/mol. The molecule has 0 saturated heterocycles. The fraction of sp³-hybridized carbons (Fsp3) is 0.176. The maximum Gasteiger partial charge on any atom is 0.227 e. The molecule has 1 aromatic heterocycles. The average Bonchev–Trinajstić information content (AvgIpc) is 2.91. The molecule has 0 fully saturated rings. The van der Waals surface area contributed by atoms with Crippen LogP contribution >= 0.6 is 11.6 Å². The van der Waals surface area contributed by atoms with Crippen LogP contribution in [0, 0.1) is 0 Å². The number of aromatic nitrogens is 1. The smallest absolute Gasteiger partial charge is 0.227 e. The summed E-state index contributed by atoms with van der Waals surface area (Å²) in [5, 5.41) is 3.46. The van der Waals surface area contributed by atoms with Crippen molar-refractivity contribution in [2.24, 2.45) is 0 Å². The molecule has 22 heavy (non-hydrogen) atoms. The van der Waals surface area contributed by atoms with Crippen LogP contribution in [-0.2, 0) is 4.79 Å². The van der Waals surface area contributed by atoms with Gasteiger partial charge in [0.15, 0.2) is 5.58 Å². The zero-order valence-corrected chi connectivity index (χ0v) is 12.9. The van der Waals surface area contributed by atoms with Crippen molar-refractivity contribution in [3.63, 3.8) is 0 Å². The summed E-state index contributed by atoms with van der Waals surface area (Å²) < 4.78 is 5.71. The van der Waals surface area contributed by atoms with Gasteiger partial charge in [-0.3, -0.25) is 4.79 Å². The van der Waals surface area contributed by atoms with Crippen molar-refractivity contribution in [2.75, 3.05) is 5.32 Å². The molecule has 0 atom stereocenters. The van der Waals surface area contributed by atoms with Gasteiger partial charge in [0.1, 0.15) is 5.52 Å². The molecule has 1 N–H and O–H groups in total. The number of anilines is 1. The molecule has 4 nitrogen and oxygen atoms in total. The lowest BCUT2D eigenvalue weighted by atomic mass is 10.2. The minimum atomic E-state index is 0.0201. The first-order valence-electron chi connectivity index (χ1n) is 7.12. The lowest BCUT2D eigenvalue weighted by Crippen LogP contribution is -2.10. The van der Waals surface area contributed by atoms with Crippen LogP contribution in [0.1, 0.15) is 19.8 Å². The quantitative estimate of drug-likeness (QED) is 0.746. The predicted octanol–water partition coefficient (Wildman–Crippen LogP) is 4.89. The third kappa shape index (κ3) is 3.12. The summed E-state index contributed by atoms with van der Waals surface area (Å²) in [6.45, 7) is 1.97. The molecule has 0 spiro atoms. The van der Waals surface area contributed by atoms with Crippen LogP contribution in [-0.4, -0.2) is 10.9 Å². The second-order valence-electron chi connectivity index (χ2n) is 5.01. The van der Waals surface area contributed by atoms with Gasteiger partial charge in [0.05, 0.1) is 0 Å². The summed E-state index contributed by atoms with van der Waals surface area (Å²) in [5.74, 6) is 0.551. The lowest BCUT2D eigenvalue weighted by molar-refractivity contribution is -0.116. The van der Waals surface area contributed by atoms with Gasteiger partial charge >= 0.3 is 0 Å². The molecular formula is C17H15ClN2O2. The summed E-state index contributed by atoms with van der Waals surface area (Å²) in [6.07, 6.45) is 1.35. The summed E-state index contributed by atoms with van der Waals surface area (Å²) in [5.41, 5.74) is 3.03. The number of amides is 1. The van der Waals surface area contributed by atoms with Gasteiger partial charge in [0.25, 0.3) is 0 Å². The zero-order chi connectivity index (χ0) is 15.5. The Kier molecular flexibility index (Phi) is 4.11. The van der Waals surface area contributed by atoms with E-state index in [4.69, 9.17) is 16.0 Å². The molecule has 0 saturated carbocycles. The van der Waals surface area contributed by atoms with E-state index in [1.54, 1.807) is 12.1 Å². The highest BCUT2D eigenvalue weighted by Crippen LogP contribution is 2.27. The van der Waals surface area contributed by atoms with Crippen molar-refractivity contribution in [2.45, 2.75) is 19.8 Å². The molecule has 2 aromatic carbocycles. The van der Waals surface area contributed by atoms with Crippen LogP contribution in [0.4, 0.5) is 5.69 Å². The number of rotatable bonds is 4. The van der Waals surface area contributed by atoms with E-state index in [9.17, 15) is 4.79 Å². The largest absolute Gasteiger partial charge is 0.436 e. The van der Waals surface area contributed by atoms with Crippen LogP contribution in [0.25, 0.3) is 22.6 Å². The zero-order valence-electron chi connectivity index (χ0n) is 12.1. The first kappa shape index (κ1) is 14.6. The molecule has 0 aliphatic heterocycles. The molecule has 0 unspecified atom stereocenters. The normalized spacial score (nSPS) is 10.8. The minimum absolute atomic E-state index is 0.0201. The SMILES string of the molecule is CCCC(=O)Nc1ccc(-c2nc3ccc(Cl)cc3o2)cc1. The average molecular weight is 315 g/mol. The Labute approximate surface area is 133 Å². The summed E-state index contributed by atoms with van der Waals surface area (Å²) >= 11 is 5.94. The molecule has 0 aliphatic carbocycles. The van der Waals surface area contributed by atoms with Crippen LogP contribution in [0.2, 0.25) is 5.02 Å². The molecular weight excluding hydrogens is 300 g/mol. The van der Waals surface area contributed by atoms with Crippen molar-refractivity contribution < 1.29 is 9.21 Å². The molecule has 0 aliphatic rings. The van der Waals surface area contributed by atoms with Crippen molar-refractivity contribution in [1.29, 1.82) is 0 Å². The van der Waals surface area contributed by atoms with E-state index in [0.717, 1.165) is 23.2 Å². The number of fused-ring (bicyclic) bond motifs is 1. The van der Waals surface area contributed by atoms with Gasteiger partial charge in [-0.2, -0.15) is 0 Å². The number of carbonyl (C=O) groups is 1. The van der Waals surface area contributed by atoms with Crippen LogP contribution < -0.4 is 5.32 Å². The van der Waals surface area contributed by atoms with Gasteiger partial charge in [-0.1, -0.05) is 18.5 Å². The summed E-state index contributed by atoms with van der Waals surface area (Å²) in [7, 11) is 0. The molecule has 1 amide bonds. The molecule has 3 aromatic rings. The maximum atomic E-state index is 11.6. The number of hydrogen-bond donors (Lipinski definition) is 1. The fourth-order valence-electron chi connectivity index (χ4n) is 2.17. The first-order chi connectivity index (χ1) is 10.7. The number of oxazole rings is 1. The highest BCUT2D eigenvalue weighted by Gasteiger charge is 2.09. The number of nitrogens with zero attached hydrogens (tertiary/aromatic N) is 1. The number of benzene rings is 2. The number of halogens is 1. The Bertz CT molecular complexity index is 809. The number of hydrogen-bond acceptors (Lipinski definition) is 3. The highest BCUT2D eigenvalue weighted by molar-refractivity contribution is 6.31. The maximum absolute atomic E-state index is 11.6. The van der Waals surface area contributed by atoms with E-state index in [1.807, 2.05) is 37.3 Å². The topological polar surface area (TPSA) is 55.1 Å². The van der Waals surface area contributed by atoms with E-state index in [-0.39, 0.29) is 5.91 Å². The van der Waals surface area contributed by atoms with Crippen molar-refractivity contribution in [3.8, 4) is 11.5 Å². The number of carbonyl (C=O) groups excluding carboxylic acids is 1. The summed E-state index contributed by atoms with van der Waals surface area (Å²) in [6, 6.07) is 12.8. The van der Waals surface area contributed by atoms with E-state index >= 15 is 0 Å². The molecule has 112 valence electrons. The third-order valence-electron chi connectivity index (χ3n) is 3.24. The Morgan fingerprint density at radius 1 is 1.23 bits per heavy atom. The third-order valence-corrected chi connectivity index (χ3v) is 3.48. The van der Waals surface area contributed by atoms with Crippen LogP contribution in [0.5, 0.6) is 0 Å². The predicted molar refractivity (Wildman–Crippen MR) is 88.0 cm³/mol. The first-order valence-corrected chi connectivity index (χ1v) is 7.50. The van der Waals surface area contributed by atoms with Gasteiger partial charge in [0, 0.05) is 28.8 Å². The van der Waals surface area contributed by atoms with Gasteiger partial charge < -0.3 is 9.73 Å². The second-order valence-corrected chi connectivity index (χ2v) is 5.44. The van der Waals surface area contributed by atoms with Gasteiger partial charge in [-0.05, 0) is 42.8 Å². The van der Waals surface area contributed by atoms with Gasteiger partial charge in [-0.15, -0.1) is 0 Å². The molecule has 5 heteroatoms. The van der Waals surface area contributed by atoms with Crippen molar-refractivity contribution in [3.05, 3.63) is 47.5 Å². The summed E-state index contributed by atoms with van der Waals surface area (Å²) in [4.78, 5) is 16.0. The van der Waals surface area contributed by atoms with E-state index in [2.05, 4.69) is 10.3 Å². The Morgan fingerprint density at radius 3 is 2.73 bits per heavy atom. The Morgan fingerprint density at radius 2 is 2.00 bits per heavy atom. The molecule has 0 radical (unpaired) electrons. The molecule has 0 bridgehead atoms. The Hall–Kier alpha value is -2.33. The van der Waals surface area contributed by atoms with E-state index < -0.39 is 0 Å². The highest BCUT2D eigenvalue weighted by atomic mass is 35.5. The second kappa shape index (κ2) is 6.20. The van der Waals surface area contributed by atoms with Crippen LogP contribution in [0.3, 0.4) is 0 Å². The van der Waals surface area contributed by atoms with Gasteiger partial charge in [0.2, 0.25) is 11.8 Å². The number of nitrogens with one attached hydrogen (secondary N) is 1. The fourth-order valence-corrected chi connectivity index (χ4v) is 2.33. The lowest BCUT2D eigenvalue weighted by Gasteiger charge is -2.04. The Balaban J connectivity index is 1.83. The minimum Gasteiger partial charge on any atom is -0.436 e. The molecule has 3 rings (SSSR count). The van der Waals surface area contributed by atoms with Crippen LogP contribution in [0.15, 0.2) is 46.9 Å². The molecule has 1 heterocycles. The van der Waals surface area contributed by atoms with Gasteiger partial charge in [-0.25, -0.2) is 4.98 Å². The standard InChI is InChI=1S/C17H15ClN2O2/c1-2-3-16(21)19-13-7-4-11(5-8-13)17-20-14-9-6-12(18)10-15(14)22-17/h4-10H,2-3H2,1H3,(H,19,21). The van der Waals surface area contributed by atoms with Crippen molar-refractivity contribution >= 4 is 34.3 Å². The van der Waals surface area contributed by atoms with E-state index in [1.165, 1.54) is 0 Å². The van der Waals surface area contributed by atoms with E-state index in [0.29, 0.717) is 22.9 Å². The van der Waals surface area contributed by atoms with Crippen molar-refractivity contribution in [1.82, 2.24) is 4.98 Å².